The number of esters is 2. The summed E-state index contributed by atoms with van der Waals surface area (Å²) in [5.74, 6) is -3.48. The Labute approximate surface area is 298 Å². The second-order valence-electron chi connectivity index (χ2n) is 13.6. The Hall–Kier alpha value is -4.53. The summed E-state index contributed by atoms with van der Waals surface area (Å²) in [6.07, 6.45) is 0.370. The lowest BCUT2D eigenvalue weighted by atomic mass is 9.90. The van der Waals surface area contributed by atoms with E-state index in [9.17, 15) is 37.5 Å². The van der Waals surface area contributed by atoms with Crippen molar-refractivity contribution in [1.29, 1.82) is 0 Å². The van der Waals surface area contributed by atoms with Crippen molar-refractivity contribution in [1.82, 2.24) is 10.2 Å². The van der Waals surface area contributed by atoms with E-state index in [0.29, 0.717) is 0 Å². The van der Waals surface area contributed by atoms with Crippen molar-refractivity contribution < 1.29 is 56.4 Å². The molecule has 0 aromatic heterocycles. The van der Waals surface area contributed by atoms with Crippen LogP contribution in [-0.4, -0.2) is 96.9 Å². The summed E-state index contributed by atoms with van der Waals surface area (Å²) < 4.78 is 61.2. The number of hydrogen-bond donors (Lipinski definition) is 2. The van der Waals surface area contributed by atoms with Gasteiger partial charge in [-0.15, -0.1) is 0 Å². The predicted molar refractivity (Wildman–Crippen MR) is 179 cm³/mol. The van der Waals surface area contributed by atoms with Crippen LogP contribution in [-0.2, 0) is 39.8 Å². The van der Waals surface area contributed by atoms with E-state index in [1.54, 1.807) is 18.2 Å². The fourth-order valence-corrected chi connectivity index (χ4v) is 6.86. The number of amides is 2. The van der Waals surface area contributed by atoms with Gasteiger partial charge < -0.3 is 34.3 Å². The Morgan fingerprint density at radius 3 is 2.35 bits per heavy atom. The van der Waals surface area contributed by atoms with Crippen LogP contribution in [0.1, 0.15) is 53.6 Å². The Morgan fingerprint density at radius 1 is 1.02 bits per heavy atom. The first-order valence-corrected chi connectivity index (χ1v) is 17.4. The number of aliphatic hydroxyl groups is 1. The zero-order valence-electron chi connectivity index (χ0n) is 28.6. The standard InChI is InChI=1S/C38H41F3N2O9/c1-43(29(34(46)42-17-18-44)19-23-7-3-2-4-8-23)35(47)25-20-30(33-31(21-25)51-38(52-33,26-12-13-26)27-14-15-27)50-36(48)28-10-6-5-9-24(28)11-16-32(45)49-22-37(39,40)41/h2-11,16,21,26-27,29-31,33,44H,12-15,17-20,22H2,1H3,(H,42,46). The lowest BCUT2D eigenvalue weighted by Crippen LogP contribution is -2.51. The molecule has 2 aromatic carbocycles. The van der Waals surface area contributed by atoms with Crippen LogP contribution in [0.15, 0.2) is 72.3 Å². The van der Waals surface area contributed by atoms with Gasteiger partial charge in [-0.1, -0.05) is 48.5 Å². The molecule has 278 valence electrons. The van der Waals surface area contributed by atoms with Gasteiger partial charge in [-0.3, -0.25) is 9.59 Å². The van der Waals surface area contributed by atoms with E-state index in [1.807, 2.05) is 30.3 Å². The molecule has 2 aromatic rings. The van der Waals surface area contributed by atoms with Crippen LogP contribution in [0.25, 0.3) is 6.08 Å². The zero-order chi connectivity index (χ0) is 37.0. The van der Waals surface area contributed by atoms with Gasteiger partial charge in [0.15, 0.2) is 12.4 Å². The number of aliphatic hydroxyl groups excluding tert-OH is 1. The molecular formula is C38H41F3N2O9. The number of rotatable bonds is 14. The number of ether oxygens (including phenoxy) is 4. The Kier molecular flexibility index (Phi) is 11.2. The molecule has 6 rings (SSSR count). The van der Waals surface area contributed by atoms with Gasteiger partial charge in [-0.05, 0) is 55.0 Å². The molecule has 3 aliphatic carbocycles. The smallest absolute Gasteiger partial charge is 0.422 e. The molecule has 0 spiro atoms. The minimum absolute atomic E-state index is 0.0115. The third-order valence-corrected chi connectivity index (χ3v) is 9.67. The van der Waals surface area contributed by atoms with Crippen LogP contribution in [0, 0.1) is 11.8 Å². The number of nitrogens with one attached hydrogen (secondary N) is 1. The summed E-state index contributed by atoms with van der Waals surface area (Å²) >= 11 is 0. The first kappa shape index (κ1) is 37.2. The summed E-state index contributed by atoms with van der Waals surface area (Å²) in [6.45, 7) is -2.01. The number of carbonyl (C=O) groups excluding carboxylic acids is 4. The number of benzene rings is 2. The van der Waals surface area contributed by atoms with E-state index in [4.69, 9.17) is 14.2 Å². The van der Waals surface area contributed by atoms with E-state index in [-0.39, 0.29) is 54.5 Å². The van der Waals surface area contributed by atoms with Crippen LogP contribution in [0.4, 0.5) is 13.2 Å². The van der Waals surface area contributed by atoms with Gasteiger partial charge in [0.2, 0.25) is 11.8 Å². The molecule has 0 radical (unpaired) electrons. The summed E-state index contributed by atoms with van der Waals surface area (Å²) in [4.78, 5) is 54.6. The van der Waals surface area contributed by atoms with Crippen molar-refractivity contribution in [2.75, 3.05) is 26.8 Å². The summed E-state index contributed by atoms with van der Waals surface area (Å²) in [6, 6.07) is 14.4. The fraction of sp³-hybridized carbons (Fsp3) is 0.474. The molecule has 52 heavy (non-hydrogen) atoms. The minimum Gasteiger partial charge on any atom is -0.456 e. The average molecular weight is 727 g/mol. The van der Waals surface area contributed by atoms with E-state index in [2.05, 4.69) is 10.1 Å². The molecule has 4 aliphatic rings. The molecule has 1 saturated heterocycles. The van der Waals surface area contributed by atoms with Crippen LogP contribution < -0.4 is 5.32 Å². The van der Waals surface area contributed by atoms with E-state index >= 15 is 0 Å². The Balaban J connectivity index is 1.25. The van der Waals surface area contributed by atoms with Crippen molar-refractivity contribution in [3.63, 3.8) is 0 Å². The Morgan fingerprint density at radius 2 is 1.69 bits per heavy atom. The highest BCUT2D eigenvalue weighted by molar-refractivity contribution is 5.98. The largest absolute Gasteiger partial charge is 0.456 e. The second kappa shape index (κ2) is 15.6. The van der Waals surface area contributed by atoms with Crippen molar-refractivity contribution in [2.24, 2.45) is 11.8 Å². The molecule has 2 saturated carbocycles. The topological polar surface area (TPSA) is 141 Å². The Bertz CT molecular complexity index is 1690. The first-order chi connectivity index (χ1) is 24.9. The van der Waals surface area contributed by atoms with E-state index in [1.165, 1.54) is 24.1 Å². The van der Waals surface area contributed by atoms with E-state index in [0.717, 1.165) is 43.4 Å². The molecule has 0 bridgehead atoms. The lowest BCUT2D eigenvalue weighted by Gasteiger charge is -2.33. The highest BCUT2D eigenvalue weighted by Crippen LogP contribution is 2.59. The number of carbonyl (C=O) groups is 4. The van der Waals surface area contributed by atoms with Crippen molar-refractivity contribution in [3.05, 3.63) is 89.0 Å². The predicted octanol–water partition coefficient (Wildman–Crippen LogP) is 4.14. The van der Waals surface area contributed by atoms with Crippen LogP contribution in [0.5, 0.6) is 0 Å². The van der Waals surface area contributed by atoms with E-state index < -0.39 is 66.7 Å². The summed E-state index contributed by atoms with van der Waals surface area (Å²) in [5.41, 5.74) is 1.31. The lowest BCUT2D eigenvalue weighted by molar-refractivity contribution is -0.209. The van der Waals surface area contributed by atoms with Crippen LogP contribution >= 0.6 is 0 Å². The molecule has 2 N–H and O–H groups in total. The minimum atomic E-state index is -4.69. The summed E-state index contributed by atoms with van der Waals surface area (Å²) in [5, 5.41) is 12.0. The molecular weight excluding hydrogens is 685 g/mol. The highest BCUT2D eigenvalue weighted by Gasteiger charge is 2.64. The third-order valence-electron chi connectivity index (χ3n) is 9.67. The fourth-order valence-electron chi connectivity index (χ4n) is 6.86. The number of likely N-dealkylation sites (N-methyl/N-ethyl adjacent to an activating group) is 1. The van der Waals surface area contributed by atoms with Gasteiger partial charge in [0, 0.05) is 49.9 Å². The van der Waals surface area contributed by atoms with Crippen LogP contribution in [0.3, 0.4) is 0 Å². The number of alkyl halides is 3. The third kappa shape index (κ3) is 8.73. The van der Waals surface area contributed by atoms with Crippen LogP contribution in [0.2, 0.25) is 0 Å². The summed E-state index contributed by atoms with van der Waals surface area (Å²) in [7, 11) is 1.52. The molecule has 1 aliphatic heterocycles. The highest BCUT2D eigenvalue weighted by atomic mass is 19.4. The van der Waals surface area contributed by atoms with Gasteiger partial charge >= 0.3 is 18.1 Å². The van der Waals surface area contributed by atoms with Gasteiger partial charge in [-0.25, -0.2) is 9.59 Å². The number of hydrogen-bond acceptors (Lipinski definition) is 9. The zero-order valence-corrected chi connectivity index (χ0v) is 28.6. The van der Waals surface area contributed by atoms with Gasteiger partial charge in [-0.2, -0.15) is 13.2 Å². The molecule has 4 unspecified atom stereocenters. The molecule has 4 atom stereocenters. The maximum atomic E-state index is 14.2. The van der Waals surface area contributed by atoms with Crippen molar-refractivity contribution in [3.8, 4) is 0 Å². The molecule has 2 amide bonds. The SMILES string of the molecule is CN(C(=O)C1=CC2OC(C3CC3)(C3CC3)OC2C(OC(=O)c2ccccc2C=CC(=O)OCC(F)(F)F)C1)C(Cc1ccccc1)C(=O)NCCO. The average Bonchev–Trinajstić information content (AvgIpc) is 4.08. The number of fused-ring (bicyclic) bond motifs is 1. The molecule has 14 heteroatoms. The normalized spacial score (nSPS) is 22.9. The monoisotopic (exact) mass is 726 g/mol. The van der Waals surface area contributed by atoms with Gasteiger partial charge in [0.25, 0.3) is 0 Å². The second-order valence-corrected chi connectivity index (χ2v) is 13.6. The van der Waals surface area contributed by atoms with Gasteiger partial charge in [0.1, 0.15) is 24.4 Å². The molecule has 1 heterocycles. The maximum absolute atomic E-state index is 14.2. The van der Waals surface area contributed by atoms with Crippen molar-refractivity contribution in [2.45, 2.75) is 74.8 Å². The first-order valence-electron chi connectivity index (χ1n) is 17.4. The number of nitrogens with zero attached hydrogens (tertiary/aromatic N) is 1. The van der Waals surface area contributed by atoms with Gasteiger partial charge in [0.05, 0.1) is 12.2 Å². The number of halogens is 3. The quantitative estimate of drug-likeness (QED) is 0.217. The van der Waals surface area contributed by atoms with Crippen molar-refractivity contribution >= 4 is 29.8 Å². The maximum Gasteiger partial charge on any atom is 0.422 e. The molecule has 11 nitrogen and oxygen atoms in total. The molecule has 3 fully saturated rings.